The van der Waals surface area contributed by atoms with E-state index in [0.717, 1.165) is 38.3 Å². The van der Waals surface area contributed by atoms with E-state index in [2.05, 4.69) is 66.8 Å². The molecule has 0 heterocycles. The highest BCUT2D eigenvalue weighted by atomic mass is 16.5. The molecule has 130 valence electrons. The molecule has 0 radical (unpaired) electrons. The molecule has 0 unspecified atom stereocenters. The summed E-state index contributed by atoms with van der Waals surface area (Å²) in [5.74, 6) is 0.985. The Bertz CT molecular complexity index is 536. The van der Waals surface area contributed by atoms with Gasteiger partial charge >= 0.3 is 0 Å². The summed E-state index contributed by atoms with van der Waals surface area (Å²) in [6, 6.07) is 19.1. The average Bonchev–Trinajstić information content (AvgIpc) is 2.64. The monoisotopic (exact) mass is 325 g/mol. The van der Waals surface area contributed by atoms with Crippen molar-refractivity contribution in [2.75, 3.05) is 13.2 Å². The fourth-order valence-electron chi connectivity index (χ4n) is 2.71. The Hall–Kier alpha value is -1.80. The Morgan fingerprint density at radius 2 is 1.54 bits per heavy atom. The first-order chi connectivity index (χ1) is 11.9. The molecule has 1 N–H and O–H groups in total. The van der Waals surface area contributed by atoms with E-state index in [4.69, 9.17) is 4.74 Å². The van der Waals surface area contributed by atoms with Crippen LogP contribution in [-0.2, 0) is 13.0 Å². The van der Waals surface area contributed by atoms with Gasteiger partial charge in [-0.1, -0.05) is 75.1 Å². The molecule has 0 aliphatic rings. The second-order valence-corrected chi connectivity index (χ2v) is 6.32. The van der Waals surface area contributed by atoms with Crippen LogP contribution < -0.4 is 10.1 Å². The lowest BCUT2D eigenvalue weighted by Gasteiger charge is -2.08. The van der Waals surface area contributed by atoms with Crippen LogP contribution in [0, 0.1) is 0 Å². The van der Waals surface area contributed by atoms with Crippen LogP contribution in [0.2, 0.25) is 0 Å². The lowest BCUT2D eigenvalue weighted by Crippen LogP contribution is -2.16. The maximum absolute atomic E-state index is 5.80. The standard InChI is InChI=1S/C22H31NO/c1-2-3-4-5-9-18-24-22-14-12-21(13-15-22)19-23-17-16-20-10-7-6-8-11-20/h6-8,10-15,23H,2-5,9,16-19H2,1H3. The summed E-state index contributed by atoms with van der Waals surface area (Å²) in [6.45, 7) is 4.98. The van der Waals surface area contributed by atoms with Crippen LogP contribution >= 0.6 is 0 Å². The molecule has 0 bridgehead atoms. The Balaban J connectivity index is 1.58. The van der Waals surface area contributed by atoms with Gasteiger partial charge in [0.15, 0.2) is 0 Å². The predicted molar refractivity (Wildman–Crippen MR) is 103 cm³/mol. The van der Waals surface area contributed by atoms with Crippen LogP contribution in [-0.4, -0.2) is 13.2 Å². The fourth-order valence-corrected chi connectivity index (χ4v) is 2.71. The number of nitrogens with one attached hydrogen (secondary N) is 1. The molecular formula is C22H31NO. The molecule has 2 aromatic rings. The zero-order chi connectivity index (χ0) is 16.9. The predicted octanol–water partition coefficient (Wildman–Crippen LogP) is 5.37. The minimum absolute atomic E-state index is 0.832. The molecule has 0 aliphatic carbocycles. The van der Waals surface area contributed by atoms with Gasteiger partial charge in [-0.3, -0.25) is 0 Å². The van der Waals surface area contributed by atoms with Crippen LogP contribution in [0.4, 0.5) is 0 Å². The molecule has 0 aliphatic heterocycles. The summed E-state index contributed by atoms with van der Waals surface area (Å²) in [5.41, 5.74) is 2.69. The Morgan fingerprint density at radius 3 is 2.29 bits per heavy atom. The van der Waals surface area contributed by atoms with E-state index in [1.807, 2.05) is 0 Å². The number of rotatable bonds is 12. The van der Waals surface area contributed by atoms with Gasteiger partial charge in [-0.2, -0.15) is 0 Å². The Kier molecular flexibility index (Phi) is 9.03. The topological polar surface area (TPSA) is 21.3 Å². The molecule has 2 rings (SSSR count). The summed E-state index contributed by atoms with van der Waals surface area (Å²) < 4.78 is 5.80. The molecule has 24 heavy (non-hydrogen) atoms. The highest BCUT2D eigenvalue weighted by Crippen LogP contribution is 2.13. The SMILES string of the molecule is CCCCCCCOc1ccc(CNCCc2ccccc2)cc1. The van der Waals surface area contributed by atoms with Gasteiger partial charge in [0.05, 0.1) is 6.61 Å². The van der Waals surface area contributed by atoms with Crippen molar-refractivity contribution in [2.45, 2.75) is 52.0 Å². The first-order valence-corrected chi connectivity index (χ1v) is 9.35. The first kappa shape index (κ1) is 18.5. The van der Waals surface area contributed by atoms with Gasteiger partial charge in [0, 0.05) is 6.54 Å². The van der Waals surface area contributed by atoms with E-state index in [1.165, 1.54) is 36.8 Å². The minimum atomic E-state index is 0.832. The Labute approximate surface area is 147 Å². The third-order valence-corrected chi connectivity index (χ3v) is 4.20. The molecule has 0 saturated heterocycles. The number of benzene rings is 2. The third kappa shape index (κ3) is 7.65. The van der Waals surface area contributed by atoms with Gasteiger partial charge in [-0.05, 0) is 42.6 Å². The average molecular weight is 325 g/mol. The van der Waals surface area contributed by atoms with Crippen molar-refractivity contribution in [3.05, 3.63) is 65.7 Å². The second-order valence-electron chi connectivity index (χ2n) is 6.32. The molecular weight excluding hydrogens is 294 g/mol. The summed E-state index contributed by atoms with van der Waals surface area (Å²) in [5, 5.41) is 3.50. The van der Waals surface area contributed by atoms with Gasteiger partial charge < -0.3 is 10.1 Å². The van der Waals surface area contributed by atoms with E-state index in [0.29, 0.717) is 0 Å². The van der Waals surface area contributed by atoms with Crippen LogP contribution in [0.15, 0.2) is 54.6 Å². The van der Waals surface area contributed by atoms with Crippen molar-refractivity contribution < 1.29 is 4.74 Å². The molecule has 0 aromatic heterocycles. The van der Waals surface area contributed by atoms with Crippen LogP contribution in [0.3, 0.4) is 0 Å². The maximum atomic E-state index is 5.80. The van der Waals surface area contributed by atoms with Crippen LogP contribution in [0.1, 0.15) is 50.2 Å². The minimum Gasteiger partial charge on any atom is -0.494 e. The molecule has 2 aromatic carbocycles. The van der Waals surface area contributed by atoms with E-state index in [9.17, 15) is 0 Å². The summed E-state index contributed by atoms with van der Waals surface area (Å²) in [6.07, 6.45) is 7.46. The fraction of sp³-hybridized carbons (Fsp3) is 0.455. The number of unbranched alkanes of at least 4 members (excludes halogenated alkanes) is 4. The molecule has 0 saturated carbocycles. The van der Waals surface area contributed by atoms with E-state index < -0.39 is 0 Å². The molecule has 2 nitrogen and oxygen atoms in total. The zero-order valence-corrected chi connectivity index (χ0v) is 15.0. The lowest BCUT2D eigenvalue weighted by molar-refractivity contribution is 0.304. The second kappa shape index (κ2) is 11.7. The van der Waals surface area contributed by atoms with Gasteiger partial charge in [0.1, 0.15) is 5.75 Å². The first-order valence-electron chi connectivity index (χ1n) is 9.35. The molecule has 2 heteroatoms. The van der Waals surface area contributed by atoms with E-state index in [-0.39, 0.29) is 0 Å². The molecule has 0 spiro atoms. The van der Waals surface area contributed by atoms with Crippen molar-refractivity contribution in [3.8, 4) is 5.75 Å². The number of ether oxygens (including phenoxy) is 1. The van der Waals surface area contributed by atoms with Crippen molar-refractivity contribution in [1.82, 2.24) is 5.32 Å². The lowest BCUT2D eigenvalue weighted by atomic mass is 10.1. The van der Waals surface area contributed by atoms with E-state index in [1.54, 1.807) is 0 Å². The maximum Gasteiger partial charge on any atom is 0.119 e. The van der Waals surface area contributed by atoms with Gasteiger partial charge in [0.25, 0.3) is 0 Å². The summed E-state index contributed by atoms with van der Waals surface area (Å²) in [4.78, 5) is 0. The zero-order valence-electron chi connectivity index (χ0n) is 15.0. The summed E-state index contributed by atoms with van der Waals surface area (Å²) in [7, 11) is 0. The highest BCUT2D eigenvalue weighted by Gasteiger charge is 1.97. The molecule has 0 amide bonds. The summed E-state index contributed by atoms with van der Waals surface area (Å²) >= 11 is 0. The van der Waals surface area contributed by atoms with Gasteiger partial charge in [-0.15, -0.1) is 0 Å². The number of hydrogen-bond acceptors (Lipinski definition) is 2. The van der Waals surface area contributed by atoms with Crippen molar-refractivity contribution in [3.63, 3.8) is 0 Å². The largest absolute Gasteiger partial charge is 0.494 e. The normalized spacial score (nSPS) is 10.7. The number of hydrogen-bond donors (Lipinski definition) is 1. The third-order valence-electron chi connectivity index (χ3n) is 4.20. The quantitative estimate of drug-likeness (QED) is 0.530. The molecule has 0 fully saturated rings. The van der Waals surface area contributed by atoms with Crippen LogP contribution in [0.25, 0.3) is 0 Å². The van der Waals surface area contributed by atoms with Crippen molar-refractivity contribution >= 4 is 0 Å². The molecule has 0 atom stereocenters. The van der Waals surface area contributed by atoms with Gasteiger partial charge in [-0.25, -0.2) is 0 Å². The van der Waals surface area contributed by atoms with Gasteiger partial charge in [0.2, 0.25) is 0 Å². The highest BCUT2D eigenvalue weighted by molar-refractivity contribution is 5.27. The van der Waals surface area contributed by atoms with Crippen molar-refractivity contribution in [2.24, 2.45) is 0 Å². The Morgan fingerprint density at radius 1 is 0.792 bits per heavy atom. The van der Waals surface area contributed by atoms with Crippen molar-refractivity contribution in [1.29, 1.82) is 0 Å². The smallest absolute Gasteiger partial charge is 0.119 e. The van der Waals surface area contributed by atoms with Crippen LogP contribution in [0.5, 0.6) is 5.75 Å². The van der Waals surface area contributed by atoms with E-state index >= 15 is 0 Å².